The lowest BCUT2D eigenvalue weighted by molar-refractivity contribution is 0.325. The van der Waals surface area contributed by atoms with Gasteiger partial charge in [0.1, 0.15) is 11.6 Å². The Kier molecular flexibility index (Phi) is 3.37. The van der Waals surface area contributed by atoms with Gasteiger partial charge in [-0.25, -0.2) is 0 Å². The predicted octanol–water partition coefficient (Wildman–Crippen LogP) is 2.59. The molecule has 1 aromatic heterocycles. The zero-order chi connectivity index (χ0) is 12.5. The second-order valence-corrected chi connectivity index (χ2v) is 5.86. The Labute approximate surface area is 109 Å². The van der Waals surface area contributed by atoms with Gasteiger partial charge in [-0.3, -0.25) is 0 Å². The number of aromatic nitrogens is 3. The third-order valence-corrected chi connectivity index (χ3v) is 4.59. The lowest BCUT2D eigenvalue weighted by atomic mass is 9.85. The van der Waals surface area contributed by atoms with Gasteiger partial charge in [-0.05, 0) is 38.5 Å². The average Bonchev–Trinajstić information content (AvgIpc) is 2.94. The molecule has 18 heavy (non-hydrogen) atoms. The molecule has 100 valence electrons. The number of fused-ring (bicyclic) bond motifs is 1. The smallest absolute Gasteiger partial charge is 0.150 e. The SMILES string of the molecule is CCCn1c(C)nnc1C1CC2CCCCC2N1. The summed E-state index contributed by atoms with van der Waals surface area (Å²) in [4.78, 5) is 0. The van der Waals surface area contributed by atoms with Crippen molar-refractivity contribution in [3.63, 3.8) is 0 Å². The first-order valence-corrected chi connectivity index (χ1v) is 7.45. The number of hydrogen-bond donors (Lipinski definition) is 1. The number of aryl methyl sites for hydroxylation is 1. The van der Waals surface area contributed by atoms with E-state index in [1.54, 1.807) is 0 Å². The van der Waals surface area contributed by atoms with Crippen LogP contribution in [0.15, 0.2) is 0 Å². The fourth-order valence-corrected chi connectivity index (χ4v) is 3.67. The first kappa shape index (κ1) is 12.2. The summed E-state index contributed by atoms with van der Waals surface area (Å²) in [6.45, 7) is 5.32. The maximum absolute atomic E-state index is 4.42. The minimum Gasteiger partial charge on any atom is -0.314 e. The Morgan fingerprint density at radius 1 is 1.28 bits per heavy atom. The number of nitrogens with zero attached hydrogens (tertiary/aromatic N) is 3. The van der Waals surface area contributed by atoms with Crippen LogP contribution < -0.4 is 5.32 Å². The van der Waals surface area contributed by atoms with E-state index in [0.717, 1.165) is 30.7 Å². The Morgan fingerprint density at radius 3 is 2.89 bits per heavy atom. The molecule has 3 unspecified atom stereocenters. The van der Waals surface area contributed by atoms with Crippen LogP contribution in [0.3, 0.4) is 0 Å². The van der Waals surface area contributed by atoms with Gasteiger partial charge in [0.25, 0.3) is 0 Å². The fraction of sp³-hybridized carbons (Fsp3) is 0.857. The van der Waals surface area contributed by atoms with E-state index < -0.39 is 0 Å². The molecule has 1 saturated carbocycles. The zero-order valence-electron chi connectivity index (χ0n) is 11.5. The zero-order valence-corrected chi connectivity index (χ0v) is 11.5. The summed E-state index contributed by atoms with van der Waals surface area (Å²) in [5.74, 6) is 3.10. The molecule has 4 nitrogen and oxygen atoms in total. The molecular formula is C14H24N4. The van der Waals surface area contributed by atoms with Gasteiger partial charge in [0, 0.05) is 12.6 Å². The van der Waals surface area contributed by atoms with Crippen LogP contribution >= 0.6 is 0 Å². The molecule has 0 aromatic carbocycles. The Balaban J connectivity index is 1.79. The number of nitrogens with one attached hydrogen (secondary N) is 1. The molecule has 0 bridgehead atoms. The highest BCUT2D eigenvalue weighted by Crippen LogP contribution is 2.38. The van der Waals surface area contributed by atoms with Crippen molar-refractivity contribution in [3.05, 3.63) is 11.6 Å². The molecule has 1 aromatic rings. The third-order valence-electron chi connectivity index (χ3n) is 4.59. The van der Waals surface area contributed by atoms with E-state index in [1.807, 2.05) is 0 Å². The van der Waals surface area contributed by atoms with Crippen molar-refractivity contribution in [3.8, 4) is 0 Å². The first-order valence-electron chi connectivity index (χ1n) is 7.45. The molecule has 1 aliphatic heterocycles. The van der Waals surface area contributed by atoms with Gasteiger partial charge >= 0.3 is 0 Å². The van der Waals surface area contributed by atoms with E-state index in [2.05, 4.69) is 33.9 Å². The molecule has 1 N–H and O–H groups in total. The standard InChI is InChI=1S/C14H24N4/c1-3-8-18-10(2)16-17-14(18)13-9-11-6-4-5-7-12(11)15-13/h11-13,15H,3-9H2,1-2H3. The summed E-state index contributed by atoms with van der Waals surface area (Å²) in [6, 6.07) is 1.17. The van der Waals surface area contributed by atoms with Gasteiger partial charge in [-0.15, -0.1) is 10.2 Å². The second-order valence-electron chi connectivity index (χ2n) is 5.86. The molecule has 0 radical (unpaired) electrons. The van der Waals surface area contributed by atoms with Gasteiger partial charge in [-0.2, -0.15) is 0 Å². The number of rotatable bonds is 3. The monoisotopic (exact) mass is 248 g/mol. The molecule has 4 heteroatoms. The van der Waals surface area contributed by atoms with Gasteiger partial charge in [0.15, 0.2) is 0 Å². The Morgan fingerprint density at radius 2 is 2.11 bits per heavy atom. The van der Waals surface area contributed by atoms with Gasteiger partial charge in [0.05, 0.1) is 6.04 Å². The highest BCUT2D eigenvalue weighted by molar-refractivity contribution is 5.06. The van der Waals surface area contributed by atoms with Crippen LogP contribution in [0.4, 0.5) is 0 Å². The molecule has 0 spiro atoms. The molecule has 2 heterocycles. The Hall–Kier alpha value is -0.900. The molecular weight excluding hydrogens is 224 g/mol. The van der Waals surface area contributed by atoms with Crippen molar-refractivity contribution in [1.82, 2.24) is 20.1 Å². The maximum Gasteiger partial charge on any atom is 0.150 e. The fourth-order valence-electron chi connectivity index (χ4n) is 3.67. The van der Waals surface area contributed by atoms with Crippen molar-refractivity contribution < 1.29 is 0 Å². The Bertz CT molecular complexity index is 398. The predicted molar refractivity (Wildman–Crippen MR) is 71.3 cm³/mol. The normalized spacial score (nSPS) is 31.6. The van der Waals surface area contributed by atoms with E-state index >= 15 is 0 Å². The van der Waals surface area contributed by atoms with E-state index in [1.165, 1.54) is 37.9 Å². The lowest BCUT2D eigenvalue weighted by Gasteiger charge is -2.24. The maximum atomic E-state index is 4.42. The van der Waals surface area contributed by atoms with Crippen molar-refractivity contribution in [1.29, 1.82) is 0 Å². The highest BCUT2D eigenvalue weighted by atomic mass is 15.3. The third kappa shape index (κ3) is 2.07. The lowest BCUT2D eigenvalue weighted by Crippen LogP contribution is -2.31. The van der Waals surface area contributed by atoms with Crippen molar-refractivity contribution in [2.45, 2.75) is 71.0 Å². The van der Waals surface area contributed by atoms with Gasteiger partial charge < -0.3 is 9.88 Å². The van der Waals surface area contributed by atoms with Gasteiger partial charge in [-0.1, -0.05) is 19.8 Å². The van der Waals surface area contributed by atoms with Crippen LogP contribution in [0, 0.1) is 12.8 Å². The summed E-state index contributed by atoms with van der Waals surface area (Å²) in [6.07, 6.45) is 7.95. The van der Waals surface area contributed by atoms with Gasteiger partial charge in [0.2, 0.25) is 0 Å². The van der Waals surface area contributed by atoms with Crippen LogP contribution in [0.1, 0.15) is 63.1 Å². The van der Waals surface area contributed by atoms with Crippen molar-refractivity contribution in [2.24, 2.45) is 5.92 Å². The van der Waals surface area contributed by atoms with E-state index in [4.69, 9.17) is 0 Å². The molecule has 3 atom stereocenters. The van der Waals surface area contributed by atoms with Crippen LogP contribution in [-0.4, -0.2) is 20.8 Å². The van der Waals surface area contributed by atoms with Crippen molar-refractivity contribution >= 4 is 0 Å². The molecule has 1 aliphatic carbocycles. The van der Waals surface area contributed by atoms with E-state index in [9.17, 15) is 0 Å². The topological polar surface area (TPSA) is 42.7 Å². The highest BCUT2D eigenvalue weighted by Gasteiger charge is 2.37. The van der Waals surface area contributed by atoms with Crippen LogP contribution in [0.25, 0.3) is 0 Å². The second kappa shape index (κ2) is 5.00. The quantitative estimate of drug-likeness (QED) is 0.894. The summed E-state index contributed by atoms with van der Waals surface area (Å²) in [5.41, 5.74) is 0. The van der Waals surface area contributed by atoms with Crippen LogP contribution in [0.2, 0.25) is 0 Å². The number of hydrogen-bond acceptors (Lipinski definition) is 3. The van der Waals surface area contributed by atoms with E-state index in [-0.39, 0.29) is 0 Å². The summed E-state index contributed by atoms with van der Waals surface area (Å²) in [7, 11) is 0. The largest absolute Gasteiger partial charge is 0.314 e. The molecule has 2 aliphatic rings. The first-order chi connectivity index (χ1) is 8.79. The van der Waals surface area contributed by atoms with Crippen LogP contribution in [-0.2, 0) is 6.54 Å². The molecule has 2 fully saturated rings. The molecule has 1 saturated heterocycles. The summed E-state index contributed by atoms with van der Waals surface area (Å²) in [5, 5.41) is 12.5. The molecule has 3 rings (SSSR count). The molecule has 0 amide bonds. The summed E-state index contributed by atoms with van der Waals surface area (Å²) >= 11 is 0. The van der Waals surface area contributed by atoms with Crippen molar-refractivity contribution in [2.75, 3.05) is 0 Å². The average molecular weight is 248 g/mol. The van der Waals surface area contributed by atoms with Crippen LogP contribution in [0.5, 0.6) is 0 Å². The van der Waals surface area contributed by atoms with E-state index in [0.29, 0.717) is 6.04 Å². The summed E-state index contributed by atoms with van der Waals surface area (Å²) < 4.78 is 2.30. The minimum atomic E-state index is 0.436. The minimum absolute atomic E-state index is 0.436.